The molecule has 1 aromatic carbocycles. The van der Waals surface area contributed by atoms with Crippen LogP contribution in [-0.2, 0) is 9.47 Å². The predicted molar refractivity (Wildman–Crippen MR) is 82.5 cm³/mol. The third kappa shape index (κ3) is 2.84. The topological polar surface area (TPSA) is 53.4 Å². The molecule has 0 radical (unpaired) electrons. The smallest absolute Gasteiger partial charge is 0.358 e. The van der Waals surface area contributed by atoms with E-state index >= 15 is 0 Å². The summed E-state index contributed by atoms with van der Waals surface area (Å²) in [6.07, 6.45) is -0.238. The summed E-state index contributed by atoms with van der Waals surface area (Å²) in [6.45, 7) is 2.72. The average Bonchev–Trinajstić information content (AvgIpc) is 2.77. The quantitative estimate of drug-likeness (QED) is 0.801. The van der Waals surface area contributed by atoms with E-state index in [4.69, 9.17) is 32.7 Å². The Kier molecular flexibility index (Phi) is 4.38. The van der Waals surface area contributed by atoms with Crippen LogP contribution < -0.4 is 0 Å². The highest BCUT2D eigenvalue weighted by molar-refractivity contribution is 6.34. The summed E-state index contributed by atoms with van der Waals surface area (Å²) in [4.78, 5) is 16.3. The van der Waals surface area contributed by atoms with Gasteiger partial charge >= 0.3 is 5.97 Å². The highest BCUT2D eigenvalue weighted by Gasteiger charge is 2.30. The maximum absolute atomic E-state index is 12.4. The van der Waals surface area contributed by atoms with Gasteiger partial charge in [0.1, 0.15) is 6.10 Å². The highest BCUT2D eigenvalue weighted by atomic mass is 35.5. The van der Waals surface area contributed by atoms with E-state index in [2.05, 4.69) is 4.98 Å². The standard InChI is InChI=1S/C15H14Cl2N2O3/c1-9(10-5-3-2-4-6-10)19-12(13(16)18-15(19)17)14(20)22-11-7-21-8-11/h2-6,9,11H,7-8H2,1H3/t9-/m1/s1. The highest BCUT2D eigenvalue weighted by Crippen LogP contribution is 2.30. The molecule has 1 saturated heterocycles. The Morgan fingerprint density at radius 2 is 2.05 bits per heavy atom. The van der Waals surface area contributed by atoms with Crippen molar-refractivity contribution in [2.75, 3.05) is 13.2 Å². The molecule has 3 rings (SSSR count). The number of carbonyl (C=O) groups is 1. The summed E-state index contributed by atoms with van der Waals surface area (Å²) in [5.74, 6) is -0.541. The lowest BCUT2D eigenvalue weighted by molar-refractivity contribution is -0.103. The molecule has 0 saturated carbocycles. The van der Waals surface area contributed by atoms with Gasteiger partial charge in [-0.2, -0.15) is 0 Å². The molecule has 1 aliphatic rings. The van der Waals surface area contributed by atoms with Crippen LogP contribution in [0.15, 0.2) is 30.3 Å². The average molecular weight is 341 g/mol. The maximum Gasteiger partial charge on any atom is 0.358 e. The van der Waals surface area contributed by atoms with Gasteiger partial charge in [-0.05, 0) is 24.1 Å². The monoisotopic (exact) mass is 340 g/mol. The Bertz CT molecular complexity index is 684. The van der Waals surface area contributed by atoms with Gasteiger partial charge in [0.2, 0.25) is 5.28 Å². The lowest BCUT2D eigenvalue weighted by Crippen LogP contribution is -2.38. The summed E-state index contributed by atoms with van der Waals surface area (Å²) in [5, 5.41) is 0.191. The van der Waals surface area contributed by atoms with Crippen molar-refractivity contribution >= 4 is 29.2 Å². The molecule has 0 amide bonds. The van der Waals surface area contributed by atoms with E-state index < -0.39 is 5.97 Å². The normalized spacial score (nSPS) is 16.1. The largest absolute Gasteiger partial charge is 0.453 e. The number of aromatic nitrogens is 2. The van der Waals surface area contributed by atoms with Gasteiger partial charge in [0.25, 0.3) is 0 Å². The number of nitrogens with zero attached hydrogens (tertiary/aromatic N) is 2. The molecular weight excluding hydrogens is 327 g/mol. The summed E-state index contributed by atoms with van der Waals surface area (Å²) >= 11 is 12.2. The molecule has 0 aliphatic carbocycles. The summed E-state index contributed by atoms with van der Waals surface area (Å²) in [5.41, 5.74) is 1.15. The van der Waals surface area contributed by atoms with Gasteiger partial charge < -0.3 is 14.0 Å². The van der Waals surface area contributed by atoms with Crippen molar-refractivity contribution in [2.45, 2.75) is 19.1 Å². The second kappa shape index (κ2) is 6.28. The van der Waals surface area contributed by atoms with Gasteiger partial charge in [-0.25, -0.2) is 9.78 Å². The first-order chi connectivity index (χ1) is 10.6. The van der Waals surface area contributed by atoms with Crippen LogP contribution in [0.25, 0.3) is 0 Å². The SMILES string of the molecule is C[C@H](c1ccccc1)n1c(Cl)nc(Cl)c1C(=O)OC1COC1. The zero-order valence-electron chi connectivity index (χ0n) is 11.8. The number of halogens is 2. The molecule has 2 aromatic rings. The van der Waals surface area contributed by atoms with Crippen LogP contribution in [0, 0.1) is 0 Å². The van der Waals surface area contributed by atoms with E-state index in [1.807, 2.05) is 37.3 Å². The lowest BCUT2D eigenvalue weighted by Gasteiger charge is -2.26. The van der Waals surface area contributed by atoms with Crippen LogP contribution in [-0.4, -0.2) is 34.8 Å². The molecule has 5 nitrogen and oxygen atoms in total. The number of hydrogen-bond acceptors (Lipinski definition) is 4. The predicted octanol–water partition coefficient (Wildman–Crippen LogP) is 3.35. The molecule has 0 spiro atoms. The minimum atomic E-state index is -0.541. The van der Waals surface area contributed by atoms with E-state index in [9.17, 15) is 4.79 Å². The van der Waals surface area contributed by atoms with Crippen molar-refractivity contribution in [2.24, 2.45) is 0 Å². The molecule has 0 N–H and O–H groups in total. The first-order valence-corrected chi connectivity index (χ1v) is 7.60. The summed E-state index contributed by atoms with van der Waals surface area (Å²) in [6, 6.07) is 9.45. The molecule has 2 heterocycles. The van der Waals surface area contributed by atoms with Crippen molar-refractivity contribution in [3.05, 3.63) is 52.0 Å². The number of carbonyl (C=O) groups excluding carboxylic acids is 1. The van der Waals surface area contributed by atoms with Crippen molar-refractivity contribution in [1.29, 1.82) is 0 Å². The van der Waals surface area contributed by atoms with Gasteiger partial charge in [-0.15, -0.1) is 0 Å². The van der Waals surface area contributed by atoms with Gasteiger partial charge in [-0.3, -0.25) is 0 Å². The van der Waals surface area contributed by atoms with Crippen LogP contribution in [0.2, 0.25) is 10.4 Å². The Morgan fingerprint density at radius 3 is 2.64 bits per heavy atom. The molecular formula is C15H14Cl2N2O3. The Morgan fingerprint density at radius 1 is 1.36 bits per heavy atom. The van der Waals surface area contributed by atoms with Gasteiger partial charge in [-0.1, -0.05) is 41.9 Å². The van der Waals surface area contributed by atoms with Gasteiger partial charge in [0, 0.05) is 0 Å². The van der Waals surface area contributed by atoms with Crippen LogP contribution in [0.3, 0.4) is 0 Å². The zero-order chi connectivity index (χ0) is 15.7. The molecule has 116 valence electrons. The lowest BCUT2D eigenvalue weighted by atomic mass is 10.1. The number of benzene rings is 1. The minimum Gasteiger partial charge on any atom is -0.453 e. The van der Waals surface area contributed by atoms with Crippen molar-refractivity contribution < 1.29 is 14.3 Å². The van der Waals surface area contributed by atoms with Gasteiger partial charge in [0.15, 0.2) is 10.8 Å². The molecule has 1 fully saturated rings. The van der Waals surface area contributed by atoms with Crippen LogP contribution in [0.1, 0.15) is 29.0 Å². The maximum atomic E-state index is 12.4. The second-order valence-corrected chi connectivity index (χ2v) is 5.74. The van der Waals surface area contributed by atoms with E-state index in [0.717, 1.165) is 5.56 Å². The number of imidazole rings is 1. The zero-order valence-corrected chi connectivity index (χ0v) is 13.3. The van der Waals surface area contributed by atoms with Crippen molar-refractivity contribution in [3.63, 3.8) is 0 Å². The molecule has 22 heavy (non-hydrogen) atoms. The van der Waals surface area contributed by atoms with E-state index in [1.165, 1.54) is 0 Å². The Hall–Kier alpha value is -1.56. The molecule has 1 aromatic heterocycles. The molecule has 0 bridgehead atoms. The van der Waals surface area contributed by atoms with Crippen molar-refractivity contribution in [3.8, 4) is 0 Å². The number of ether oxygens (including phenoxy) is 2. The number of esters is 1. The van der Waals surface area contributed by atoms with E-state index in [0.29, 0.717) is 13.2 Å². The van der Waals surface area contributed by atoms with E-state index in [-0.39, 0.29) is 28.3 Å². The fourth-order valence-electron chi connectivity index (χ4n) is 2.29. The fourth-order valence-corrected chi connectivity index (χ4v) is 2.89. The molecule has 0 unspecified atom stereocenters. The molecule has 1 atom stereocenters. The van der Waals surface area contributed by atoms with Crippen LogP contribution in [0.5, 0.6) is 0 Å². The fraction of sp³-hybridized carbons (Fsp3) is 0.333. The van der Waals surface area contributed by atoms with Crippen molar-refractivity contribution in [1.82, 2.24) is 9.55 Å². The summed E-state index contributed by atoms with van der Waals surface area (Å²) in [7, 11) is 0. The van der Waals surface area contributed by atoms with Crippen LogP contribution in [0.4, 0.5) is 0 Å². The molecule has 7 heteroatoms. The third-order valence-corrected chi connectivity index (χ3v) is 4.10. The Balaban J connectivity index is 1.94. The third-order valence-electron chi connectivity index (χ3n) is 3.57. The number of rotatable bonds is 4. The first kappa shape index (κ1) is 15.3. The number of hydrogen-bond donors (Lipinski definition) is 0. The summed E-state index contributed by atoms with van der Waals surface area (Å²) < 4.78 is 11.9. The first-order valence-electron chi connectivity index (χ1n) is 6.85. The van der Waals surface area contributed by atoms with E-state index in [1.54, 1.807) is 4.57 Å². The van der Waals surface area contributed by atoms with Crippen LogP contribution >= 0.6 is 23.2 Å². The Labute approximate surface area is 137 Å². The molecule has 1 aliphatic heterocycles. The second-order valence-electron chi connectivity index (χ2n) is 5.04. The minimum absolute atomic E-state index is 0.0398. The van der Waals surface area contributed by atoms with Gasteiger partial charge in [0.05, 0.1) is 19.3 Å².